The van der Waals surface area contributed by atoms with E-state index in [0.717, 1.165) is 45.3 Å². The summed E-state index contributed by atoms with van der Waals surface area (Å²) in [4.78, 5) is 0. The van der Waals surface area contributed by atoms with Crippen molar-refractivity contribution in [1.29, 1.82) is 0 Å². The van der Waals surface area contributed by atoms with E-state index in [0.29, 0.717) is 0 Å². The van der Waals surface area contributed by atoms with Crippen molar-refractivity contribution in [2.75, 3.05) is 10.0 Å². The molecule has 3 aliphatic rings. The Kier molecular flexibility index (Phi) is 9.49. The SMILES string of the molecule is C1=CN2c3ccccc3N(c3ccc4c(c3)c3ccc([Si](c5ccccc5)(c5ccccc5)c5ccccc5)cc3n4-c3ccc4c(c3)[Si](c3ccccc3)(c3ccccc3)c3ccccc3O4)N2C=C1. The largest absolute Gasteiger partial charge is 0.458 e. The molecule has 71 heavy (non-hydrogen) atoms. The van der Waals surface area contributed by atoms with Gasteiger partial charge in [-0.15, -0.1) is 0 Å². The van der Waals surface area contributed by atoms with Crippen LogP contribution in [-0.4, -0.2) is 25.8 Å². The minimum Gasteiger partial charge on any atom is -0.458 e. The number of allylic oxidation sites excluding steroid dienone is 2. The molecule has 10 aromatic carbocycles. The molecule has 3 aliphatic heterocycles. The van der Waals surface area contributed by atoms with Crippen LogP contribution in [0, 0.1) is 0 Å². The quantitative estimate of drug-likeness (QED) is 0.112. The number of anilines is 3. The summed E-state index contributed by atoms with van der Waals surface area (Å²) in [6.07, 6.45) is 8.43. The fourth-order valence-corrected chi connectivity index (χ4v) is 21.7. The molecule has 0 amide bonds. The van der Waals surface area contributed by atoms with Crippen molar-refractivity contribution in [2.45, 2.75) is 0 Å². The van der Waals surface area contributed by atoms with Crippen LogP contribution in [-0.2, 0) is 0 Å². The molecule has 0 N–H and O–H groups in total. The van der Waals surface area contributed by atoms with Gasteiger partial charge >= 0.3 is 0 Å². The normalized spacial score (nSPS) is 14.2. The Bertz CT molecular complexity index is 3740. The van der Waals surface area contributed by atoms with Gasteiger partial charge in [0, 0.05) is 28.9 Å². The summed E-state index contributed by atoms with van der Waals surface area (Å²) in [5, 5.41) is 19.6. The second kappa shape index (κ2) is 16.4. The van der Waals surface area contributed by atoms with Gasteiger partial charge in [0.1, 0.15) is 11.5 Å². The zero-order valence-corrected chi connectivity index (χ0v) is 40.8. The molecule has 0 aliphatic carbocycles. The first kappa shape index (κ1) is 41.1. The molecule has 4 heterocycles. The van der Waals surface area contributed by atoms with Crippen molar-refractivity contribution in [3.05, 3.63) is 279 Å². The molecule has 0 saturated carbocycles. The van der Waals surface area contributed by atoms with Crippen LogP contribution >= 0.6 is 0 Å². The van der Waals surface area contributed by atoms with Crippen LogP contribution in [0.15, 0.2) is 279 Å². The van der Waals surface area contributed by atoms with Crippen LogP contribution in [0.25, 0.3) is 27.5 Å². The summed E-state index contributed by atoms with van der Waals surface area (Å²) in [7, 11) is -5.88. The Morgan fingerprint density at radius 1 is 0.366 bits per heavy atom. The van der Waals surface area contributed by atoms with Crippen LogP contribution in [0.2, 0.25) is 0 Å². The lowest BCUT2D eigenvalue weighted by atomic mass is 10.1. The van der Waals surface area contributed by atoms with Crippen molar-refractivity contribution in [2.24, 2.45) is 0 Å². The van der Waals surface area contributed by atoms with E-state index in [1.165, 1.54) is 52.3 Å². The third kappa shape index (κ3) is 6.10. The number of hydrogen-bond donors (Lipinski definition) is 0. The maximum absolute atomic E-state index is 6.99. The number of para-hydroxylation sites is 3. The molecule has 11 aromatic rings. The first-order chi connectivity index (χ1) is 35.2. The summed E-state index contributed by atoms with van der Waals surface area (Å²) in [5.41, 5.74) is 6.71. The molecule has 14 rings (SSSR count). The molecule has 5 nitrogen and oxygen atoms in total. The average Bonchev–Trinajstić information content (AvgIpc) is 3.96. The van der Waals surface area contributed by atoms with Crippen LogP contribution in [0.1, 0.15) is 0 Å². The highest BCUT2D eigenvalue weighted by atomic mass is 28.3. The molecule has 0 fully saturated rings. The van der Waals surface area contributed by atoms with E-state index in [9.17, 15) is 0 Å². The Morgan fingerprint density at radius 2 is 0.915 bits per heavy atom. The van der Waals surface area contributed by atoms with Crippen LogP contribution in [0.4, 0.5) is 17.1 Å². The first-order valence-electron chi connectivity index (χ1n) is 24.3. The molecule has 0 atom stereocenters. The van der Waals surface area contributed by atoms with E-state index >= 15 is 0 Å². The van der Waals surface area contributed by atoms with E-state index in [4.69, 9.17) is 4.74 Å². The van der Waals surface area contributed by atoms with Gasteiger partial charge in [-0.25, -0.2) is 10.0 Å². The zero-order valence-electron chi connectivity index (χ0n) is 38.8. The minimum absolute atomic E-state index is 0.903. The Balaban J connectivity index is 1.07. The third-order valence-corrected chi connectivity index (χ3v) is 24.5. The van der Waals surface area contributed by atoms with E-state index in [-0.39, 0.29) is 0 Å². The monoisotopic (exact) mass is 942 g/mol. The number of fused-ring (bicyclic) bond motifs is 8. The second-order valence-corrected chi connectivity index (χ2v) is 26.1. The lowest BCUT2D eigenvalue weighted by Gasteiger charge is -2.39. The van der Waals surface area contributed by atoms with Crippen LogP contribution in [0.5, 0.6) is 11.5 Å². The minimum atomic E-state index is -2.97. The summed E-state index contributed by atoms with van der Waals surface area (Å²) in [6.45, 7) is 0. The molecular weight excluding hydrogens is 897 g/mol. The van der Waals surface area contributed by atoms with Crippen molar-refractivity contribution < 1.29 is 4.74 Å². The molecule has 0 bridgehead atoms. The average molecular weight is 943 g/mol. The van der Waals surface area contributed by atoms with Gasteiger partial charge in [0.2, 0.25) is 0 Å². The number of benzene rings is 10. The number of hydrazine groups is 2. The third-order valence-electron chi connectivity index (χ3n) is 14.9. The molecule has 336 valence electrons. The van der Waals surface area contributed by atoms with Crippen molar-refractivity contribution >= 4 is 96.5 Å². The van der Waals surface area contributed by atoms with Crippen LogP contribution in [0.3, 0.4) is 0 Å². The van der Waals surface area contributed by atoms with Crippen molar-refractivity contribution in [3.8, 4) is 17.2 Å². The van der Waals surface area contributed by atoms with Gasteiger partial charge in [0.05, 0.1) is 28.1 Å². The Labute approximate surface area is 415 Å². The highest BCUT2D eigenvalue weighted by Gasteiger charge is 2.48. The van der Waals surface area contributed by atoms with Gasteiger partial charge in [-0.1, -0.05) is 194 Å². The molecule has 0 spiro atoms. The second-order valence-electron chi connectivity index (χ2n) is 18.5. The lowest BCUT2D eigenvalue weighted by molar-refractivity contribution is 0.408. The van der Waals surface area contributed by atoms with Crippen molar-refractivity contribution in [1.82, 2.24) is 9.69 Å². The lowest BCUT2D eigenvalue weighted by Crippen LogP contribution is -2.76. The number of hydrogen-bond acceptors (Lipinski definition) is 4. The summed E-state index contributed by atoms with van der Waals surface area (Å²) >= 11 is 0. The van der Waals surface area contributed by atoms with E-state index < -0.39 is 16.1 Å². The van der Waals surface area contributed by atoms with Gasteiger partial charge in [-0.2, -0.15) is 5.12 Å². The van der Waals surface area contributed by atoms with Gasteiger partial charge in [-0.3, -0.25) is 0 Å². The molecule has 1 aromatic heterocycles. The van der Waals surface area contributed by atoms with E-state index in [1.54, 1.807) is 0 Å². The fraction of sp³-hybridized carbons (Fsp3) is 0. The standard InChI is InChI=1S/C64H46N4OSi2/c1-6-22-49(23-7-1)70(50-24-8-2-9-25-50,51-26-10-3-11-27-51)54-38-39-55-56-44-48(68-59-33-17-16-32-58(59)65-42-20-21-43-66(65)68)36-40-57(56)67(60(55)46-54)47-37-41-62-64(45-47)71(52-28-12-4-13-29-52,53-30-14-5-15-31-53)63-35-19-18-34-61(63)69-62/h1-46H. The van der Waals surface area contributed by atoms with Gasteiger partial charge in [-0.05, 0) is 114 Å². The van der Waals surface area contributed by atoms with Gasteiger partial charge < -0.3 is 9.30 Å². The van der Waals surface area contributed by atoms with Crippen LogP contribution < -0.4 is 56.2 Å². The maximum atomic E-state index is 6.99. The molecule has 0 saturated heterocycles. The number of nitrogens with zero attached hydrogens (tertiary/aromatic N) is 4. The number of ether oxygens (including phenoxy) is 1. The summed E-state index contributed by atoms with van der Waals surface area (Å²) in [6, 6.07) is 94.7. The molecular formula is C64H46N4OSi2. The van der Waals surface area contributed by atoms with Gasteiger partial charge in [0.25, 0.3) is 0 Å². The van der Waals surface area contributed by atoms with Gasteiger partial charge in [0.15, 0.2) is 16.1 Å². The van der Waals surface area contributed by atoms with E-state index in [2.05, 4.69) is 299 Å². The highest BCUT2D eigenvalue weighted by Crippen LogP contribution is 2.46. The molecule has 0 unspecified atom stereocenters. The maximum Gasteiger partial charge on any atom is 0.188 e. The Hall–Kier alpha value is -8.89. The topological polar surface area (TPSA) is 23.9 Å². The fourth-order valence-electron chi connectivity index (χ4n) is 12.0. The molecule has 7 heteroatoms. The predicted octanol–water partition coefficient (Wildman–Crippen LogP) is 9.78. The highest BCUT2D eigenvalue weighted by molar-refractivity contribution is 7.21. The smallest absolute Gasteiger partial charge is 0.188 e. The Morgan fingerprint density at radius 3 is 1.58 bits per heavy atom. The predicted molar refractivity (Wildman–Crippen MR) is 299 cm³/mol. The summed E-state index contributed by atoms with van der Waals surface area (Å²) < 4.78 is 9.51. The number of aromatic nitrogens is 1. The first-order valence-corrected chi connectivity index (χ1v) is 28.3. The van der Waals surface area contributed by atoms with E-state index in [1.807, 2.05) is 0 Å². The summed E-state index contributed by atoms with van der Waals surface area (Å²) in [5.74, 6) is 1.83. The molecule has 0 radical (unpaired) electrons. The number of rotatable bonds is 8. The van der Waals surface area contributed by atoms with Crippen molar-refractivity contribution in [3.63, 3.8) is 0 Å². The zero-order chi connectivity index (χ0) is 46.9.